The van der Waals surface area contributed by atoms with Gasteiger partial charge in [-0.2, -0.15) is 0 Å². The van der Waals surface area contributed by atoms with E-state index in [1.807, 2.05) is 33.8 Å². The van der Waals surface area contributed by atoms with E-state index in [4.69, 9.17) is 4.74 Å². The van der Waals surface area contributed by atoms with E-state index in [1.165, 1.54) is 6.07 Å². The summed E-state index contributed by atoms with van der Waals surface area (Å²) in [6.45, 7) is 7.93. The van der Waals surface area contributed by atoms with Gasteiger partial charge in [-0.15, -0.1) is 0 Å². The molecule has 78 valence electrons. The van der Waals surface area contributed by atoms with Gasteiger partial charge in [0.1, 0.15) is 11.6 Å². The highest BCUT2D eigenvalue weighted by molar-refractivity contribution is 5.31. The first-order valence-electron chi connectivity index (χ1n) is 4.96. The molecule has 0 saturated carbocycles. The molecular formula is C12H17FO. The highest BCUT2D eigenvalue weighted by Crippen LogP contribution is 2.23. The Labute approximate surface area is 84.9 Å². The molecule has 0 unspecified atom stereocenters. The van der Waals surface area contributed by atoms with E-state index < -0.39 is 0 Å². The van der Waals surface area contributed by atoms with E-state index in [1.54, 1.807) is 6.07 Å². The van der Waals surface area contributed by atoms with E-state index in [0.717, 1.165) is 5.56 Å². The van der Waals surface area contributed by atoms with Crippen LogP contribution < -0.4 is 4.74 Å². The van der Waals surface area contributed by atoms with E-state index >= 15 is 0 Å². The van der Waals surface area contributed by atoms with Crippen molar-refractivity contribution in [3.63, 3.8) is 0 Å². The van der Waals surface area contributed by atoms with Crippen molar-refractivity contribution in [1.82, 2.24) is 0 Å². The molecule has 0 radical (unpaired) electrons. The molecular weight excluding hydrogens is 179 g/mol. The van der Waals surface area contributed by atoms with Crippen LogP contribution in [0.4, 0.5) is 4.39 Å². The second-order valence-electron chi connectivity index (χ2n) is 4.04. The summed E-state index contributed by atoms with van der Waals surface area (Å²) in [5.41, 5.74) is 0.973. The van der Waals surface area contributed by atoms with Gasteiger partial charge in [0, 0.05) is 6.07 Å². The van der Waals surface area contributed by atoms with Crippen molar-refractivity contribution in [3.05, 3.63) is 29.6 Å². The third-order valence-electron chi connectivity index (χ3n) is 1.93. The van der Waals surface area contributed by atoms with Crippen molar-refractivity contribution in [3.8, 4) is 5.75 Å². The Kier molecular flexibility index (Phi) is 3.50. The average molecular weight is 196 g/mol. The molecule has 0 spiro atoms. The number of ether oxygens (including phenoxy) is 1. The largest absolute Gasteiger partial charge is 0.491 e. The van der Waals surface area contributed by atoms with Gasteiger partial charge in [0.05, 0.1) is 6.10 Å². The first-order chi connectivity index (χ1) is 6.49. The second-order valence-corrected chi connectivity index (χ2v) is 4.04. The molecule has 0 fully saturated rings. The van der Waals surface area contributed by atoms with Gasteiger partial charge >= 0.3 is 0 Å². The maximum absolute atomic E-state index is 13.2. The molecule has 1 aromatic rings. The highest BCUT2D eigenvalue weighted by Gasteiger charge is 2.06. The van der Waals surface area contributed by atoms with E-state index in [2.05, 4.69) is 0 Å². The van der Waals surface area contributed by atoms with Gasteiger partial charge in [-0.1, -0.05) is 13.8 Å². The van der Waals surface area contributed by atoms with Crippen LogP contribution in [-0.2, 0) is 0 Å². The van der Waals surface area contributed by atoms with Crippen molar-refractivity contribution in [2.75, 3.05) is 0 Å². The molecule has 0 saturated heterocycles. The Hall–Kier alpha value is -1.05. The van der Waals surface area contributed by atoms with Crippen LogP contribution in [0.5, 0.6) is 5.75 Å². The zero-order valence-electron chi connectivity index (χ0n) is 9.17. The quantitative estimate of drug-likeness (QED) is 0.715. The molecule has 0 amide bonds. The molecule has 1 aromatic carbocycles. The van der Waals surface area contributed by atoms with Gasteiger partial charge in [0.25, 0.3) is 0 Å². The van der Waals surface area contributed by atoms with Gasteiger partial charge in [-0.05, 0) is 37.5 Å². The maximum atomic E-state index is 13.2. The fraction of sp³-hybridized carbons (Fsp3) is 0.500. The number of hydrogen-bond acceptors (Lipinski definition) is 1. The van der Waals surface area contributed by atoms with Gasteiger partial charge < -0.3 is 4.74 Å². The van der Waals surface area contributed by atoms with Crippen LogP contribution >= 0.6 is 0 Å². The average Bonchev–Trinajstić information content (AvgIpc) is 2.01. The molecule has 0 aliphatic heterocycles. The zero-order valence-corrected chi connectivity index (χ0v) is 9.17. The summed E-state index contributed by atoms with van der Waals surface area (Å²) in [6.07, 6.45) is 0.0804. The Morgan fingerprint density at radius 1 is 1.07 bits per heavy atom. The van der Waals surface area contributed by atoms with E-state index in [9.17, 15) is 4.39 Å². The summed E-state index contributed by atoms with van der Waals surface area (Å²) in [5.74, 6) is 0.704. The Morgan fingerprint density at radius 3 is 2.21 bits per heavy atom. The molecule has 0 aliphatic rings. The summed E-state index contributed by atoms with van der Waals surface area (Å²) in [6, 6.07) is 4.87. The lowest BCUT2D eigenvalue weighted by Gasteiger charge is -2.12. The van der Waals surface area contributed by atoms with Crippen LogP contribution in [0.2, 0.25) is 0 Å². The minimum Gasteiger partial charge on any atom is -0.491 e. The maximum Gasteiger partial charge on any atom is 0.127 e. The van der Waals surface area contributed by atoms with Crippen molar-refractivity contribution in [2.24, 2.45) is 0 Å². The van der Waals surface area contributed by atoms with Crippen LogP contribution in [-0.4, -0.2) is 6.10 Å². The Balaban J connectivity index is 2.95. The first kappa shape index (κ1) is 11.0. The van der Waals surface area contributed by atoms with Crippen LogP contribution in [0, 0.1) is 5.82 Å². The van der Waals surface area contributed by atoms with Crippen LogP contribution in [0.1, 0.15) is 39.2 Å². The van der Waals surface area contributed by atoms with Crippen molar-refractivity contribution in [2.45, 2.75) is 39.7 Å². The van der Waals surface area contributed by atoms with Crippen LogP contribution in [0.15, 0.2) is 18.2 Å². The lowest BCUT2D eigenvalue weighted by molar-refractivity contribution is 0.241. The molecule has 0 aliphatic carbocycles. The summed E-state index contributed by atoms with van der Waals surface area (Å²) in [4.78, 5) is 0. The van der Waals surface area contributed by atoms with E-state index in [-0.39, 0.29) is 11.9 Å². The molecule has 1 rings (SSSR count). The molecule has 2 heteroatoms. The van der Waals surface area contributed by atoms with Crippen molar-refractivity contribution in [1.29, 1.82) is 0 Å². The molecule has 0 atom stereocenters. The smallest absolute Gasteiger partial charge is 0.127 e. The fourth-order valence-corrected chi connectivity index (χ4v) is 1.26. The van der Waals surface area contributed by atoms with Crippen LogP contribution in [0.3, 0.4) is 0 Å². The molecule has 0 heterocycles. The predicted molar refractivity (Wildman–Crippen MR) is 56.3 cm³/mol. The minimum absolute atomic E-state index is 0.0804. The molecule has 1 nitrogen and oxygen atoms in total. The monoisotopic (exact) mass is 196 g/mol. The summed E-state index contributed by atoms with van der Waals surface area (Å²) >= 11 is 0. The topological polar surface area (TPSA) is 9.23 Å². The van der Waals surface area contributed by atoms with Crippen molar-refractivity contribution >= 4 is 0 Å². The first-order valence-corrected chi connectivity index (χ1v) is 4.96. The highest BCUT2D eigenvalue weighted by atomic mass is 19.1. The molecule has 14 heavy (non-hydrogen) atoms. The summed E-state index contributed by atoms with van der Waals surface area (Å²) in [5, 5.41) is 0. The normalized spacial score (nSPS) is 11.1. The van der Waals surface area contributed by atoms with Crippen LogP contribution in [0.25, 0.3) is 0 Å². The second kappa shape index (κ2) is 4.45. The van der Waals surface area contributed by atoms with E-state index in [0.29, 0.717) is 11.7 Å². The number of hydrogen-bond donors (Lipinski definition) is 0. The predicted octanol–water partition coefficient (Wildman–Crippen LogP) is 3.74. The third kappa shape index (κ3) is 3.02. The summed E-state index contributed by atoms with van der Waals surface area (Å²) < 4.78 is 18.6. The SMILES string of the molecule is CC(C)Oc1cc(F)cc(C(C)C)c1. The Morgan fingerprint density at radius 2 is 1.71 bits per heavy atom. The van der Waals surface area contributed by atoms with Crippen molar-refractivity contribution < 1.29 is 9.13 Å². The standard InChI is InChI=1S/C12H17FO/c1-8(2)10-5-11(13)7-12(6-10)14-9(3)4/h5-9H,1-4H3. The minimum atomic E-state index is -0.230. The number of rotatable bonds is 3. The lowest BCUT2D eigenvalue weighted by Crippen LogP contribution is -2.06. The number of benzene rings is 1. The fourth-order valence-electron chi connectivity index (χ4n) is 1.26. The number of halogens is 1. The Bertz CT molecular complexity index is 305. The molecule has 0 N–H and O–H groups in total. The van der Waals surface area contributed by atoms with Gasteiger partial charge in [0.2, 0.25) is 0 Å². The third-order valence-corrected chi connectivity index (χ3v) is 1.93. The lowest BCUT2D eigenvalue weighted by atomic mass is 10.0. The summed E-state index contributed by atoms with van der Waals surface area (Å²) in [7, 11) is 0. The van der Waals surface area contributed by atoms with Gasteiger partial charge in [-0.25, -0.2) is 4.39 Å². The molecule has 0 aromatic heterocycles. The molecule has 0 bridgehead atoms. The van der Waals surface area contributed by atoms with Gasteiger partial charge in [-0.3, -0.25) is 0 Å². The zero-order chi connectivity index (χ0) is 10.7. The van der Waals surface area contributed by atoms with Gasteiger partial charge in [0.15, 0.2) is 0 Å².